The molecule has 0 atom stereocenters. The number of anilines is 1. The highest BCUT2D eigenvalue weighted by atomic mass is 35.5. The van der Waals surface area contributed by atoms with Crippen LogP contribution in [0, 0.1) is 5.82 Å². The summed E-state index contributed by atoms with van der Waals surface area (Å²) in [5, 5.41) is 12.5. The molecule has 0 aliphatic carbocycles. The van der Waals surface area contributed by atoms with Gasteiger partial charge in [-0.15, -0.1) is 0 Å². The smallest absolute Gasteiger partial charge is 0.414 e. The van der Waals surface area contributed by atoms with Crippen molar-refractivity contribution in [2.45, 2.75) is 13.8 Å². The van der Waals surface area contributed by atoms with Crippen LogP contribution in [0.15, 0.2) is 22.6 Å². The Bertz CT molecular complexity index is 789. The molecule has 0 aliphatic heterocycles. The number of ether oxygens (including phenoxy) is 2. The summed E-state index contributed by atoms with van der Waals surface area (Å²) in [4.78, 5) is 22.7. The molecule has 128 valence electrons. The zero-order valence-electron chi connectivity index (χ0n) is 12.7. The number of benzene rings is 1. The molecule has 1 heterocycles. The Balaban J connectivity index is 2.53. The molecular formula is C15H13ClFNO6. The molecule has 0 unspecified atom stereocenters. The lowest BCUT2D eigenvalue weighted by Crippen LogP contribution is -2.14. The van der Waals surface area contributed by atoms with Gasteiger partial charge in [-0.1, -0.05) is 11.6 Å². The average Bonchev–Trinajstić information content (AvgIpc) is 2.78. The third-order valence-electron chi connectivity index (χ3n) is 2.75. The van der Waals surface area contributed by atoms with E-state index in [1.165, 1.54) is 12.1 Å². The summed E-state index contributed by atoms with van der Waals surface area (Å²) in [6.45, 7) is 2.75. The highest BCUT2D eigenvalue weighted by molar-refractivity contribution is 6.30. The zero-order valence-corrected chi connectivity index (χ0v) is 13.4. The van der Waals surface area contributed by atoms with Crippen molar-refractivity contribution in [3.05, 3.63) is 29.0 Å². The Morgan fingerprint density at radius 2 is 2.12 bits per heavy atom. The first-order valence-electron chi connectivity index (χ1n) is 6.76. The lowest BCUT2D eigenvalue weighted by atomic mass is 10.1. The monoisotopic (exact) mass is 357 g/mol. The van der Waals surface area contributed by atoms with E-state index in [0.717, 1.165) is 13.0 Å². The number of hydrogen-bond donors (Lipinski definition) is 2. The molecule has 0 saturated heterocycles. The summed E-state index contributed by atoms with van der Waals surface area (Å²) in [7, 11) is 0. The molecule has 0 aliphatic rings. The van der Waals surface area contributed by atoms with Gasteiger partial charge in [-0.25, -0.2) is 9.18 Å². The molecule has 2 aromatic rings. The molecule has 0 bridgehead atoms. The van der Waals surface area contributed by atoms with Crippen LogP contribution in [0.2, 0.25) is 5.02 Å². The maximum atomic E-state index is 14.0. The highest BCUT2D eigenvalue weighted by Gasteiger charge is 2.27. The third kappa shape index (κ3) is 3.77. The van der Waals surface area contributed by atoms with Crippen molar-refractivity contribution in [1.82, 2.24) is 0 Å². The topological polar surface area (TPSA) is 98.0 Å². The second kappa shape index (κ2) is 7.22. The predicted octanol–water partition coefficient (Wildman–Crippen LogP) is 3.94. The van der Waals surface area contributed by atoms with Gasteiger partial charge in [0, 0.05) is 11.9 Å². The Labute approximate surface area is 140 Å². The van der Waals surface area contributed by atoms with Crippen LogP contribution in [-0.2, 0) is 9.53 Å². The van der Waals surface area contributed by atoms with E-state index in [2.05, 4.69) is 10.1 Å². The molecule has 0 fully saturated rings. The van der Waals surface area contributed by atoms with Crippen molar-refractivity contribution in [3.8, 4) is 22.8 Å². The summed E-state index contributed by atoms with van der Waals surface area (Å²) in [6, 6.07) is 3.59. The van der Waals surface area contributed by atoms with Crippen LogP contribution in [0.25, 0.3) is 11.3 Å². The molecule has 7 nitrogen and oxygen atoms in total. The summed E-state index contributed by atoms with van der Waals surface area (Å²) >= 11 is 5.81. The molecule has 0 spiro atoms. The van der Waals surface area contributed by atoms with Gasteiger partial charge in [0.1, 0.15) is 5.82 Å². The molecule has 1 amide bonds. The van der Waals surface area contributed by atoms with Gasteiger partial charge in [0.15, 0.2) is 5.76 Å². The number of carbonyl (C=O) groups excluding carboxylic acids is 2. The van der Waals surface area contributed by atoms with Crippen LogP contribution in [0.5, 0.6) is 11.5 Å². The van der Waals surface area contributed by atoms with Crippen molar-refractivity contribution in [2.75, 3.05) is 11.9 Å². The zero-order chi connectivity index (χ0) is 17.9. The predicted molar refractivity (Wildman–Crippen MR) is 82.7 cm³/mol. The first-order chi connectivity index (χ1) is 11.3. The molecule has 2 N–H and O–H groups in total. The van der Waals surface area contributed by atoms with Gasteiger partial charge in [-0.3, -0.25) is 10.1 Å². The second-order valence-corrected chi connectivity index (χ2v) is 4.94. The number of halogens is 2. The fourth-order valence-corrected chi connectivity index (χ4v) is 2.01. The van der Waals surface area contributed by atoms with E-state index >= 15 is 0 Å². The Kier molecular flexibility index (Phi) is 5.30. The van der Waals surface area contributed by atoms with E-state index < -0.39 is 35.3 Å². The highest BCUT2D eigenvalue weighted by Crippen LogP contribution is 2.47. The molecular weight excluding hydrogens is 345 g/mol. The SMILES string of the molecule is CCOC(=O)Nc1oc(-c2cc(Cl)ccc2F)c(O)c1OC(C)=O. The van der Waals surface area contributed by atoms with Crippen molar-refractivity contribution in [1.29, 1.82) is 0 Å². The lowest BCUT2D eigenvalue weighted by Gasteiger charge is -2.04. The van der Waals surface area contributed by atoms with Crippen LogP contribution in [0.4, 0.5) is 15.1 Å². The number of esters is 1. The normalized spacial score (nSPS) is 10.3. The van der Waals surface area contributed by atoms with Crippen LogP contribution >= 0.6 is 11.6 Å². The lowest BCUT2D eigenvalue weighted by molar-refractivity contribution is -0.132. The maximum Gasteiger partial charge on any atom is 0.414 e. The minimum atomic E-state index is -0.905. The van der Waals surface area contributed by atoms with Gasteiger partial charge in [0.05, 0.1) is 12.2 Å². The average molecular weight is 358 g/mol. The van der Waals surface area contributed by atoms with Crippen LogP contribution in [-0.4, -0.2) is 23.8 Å². The minimum Gasteiger partial charge on any atom is -0.502 e. The molecule has 9 heteroatoms. The van der Waals surface area contributed by atoms with Crippen molar-refractivity contribution < 1.29 is 33.0 Å². The van der Waals surface area contributed by atoms with E-state index in [9.17, 15) is 19.1 Å². The molecule has 0 saturated carbocycles. The number of carbonyl (C=O) groups is 2. The van der Waals surface area contributed by atoms with Crippen molar-refractivity contribution >= 4 is 29.5 Å². The Morgan fingerprint density at radius 1 is 1.42 bits per heavy atom. The van der Waals surface area contributed by atoms with Gasteiger partial charge in [-0.2, -0.15) is 0 Å². The number of amides is 1. The fourth-order valence-electron chi connectivity index (χ4n) is 1.84. The first kappa shape index (κ1) is 17.6. The van der Waals surface area contributed by atoms with E-state index in [-0.39, 0.29) is 23.0 Å². The van der Waals surface area contributed by atoms with Gasteiger partial charge < -0.3 is 19.0 Å². The third-order valence-corrected chi connectivity index (χ3v) is 2.99. The minimum absolute atomic E-state index is 0.0806. The van der Waals surface area contributed by atoms with Crippen LogP contribution in [0.3, 0.4) is 0 Å². The molecule has 0 radical (unpaired) electrons. The number of rotatable bonds is 4. The summed E-state index contributed by atoms with van der Waals surface area (Å²) in [5.74, 6) is -3.42. The van der Waals surface area contributed by atoms with E-state index in [4.69, 9.17) is 20.8 Å². The molecule has 24 heavy (non-hydrogen) atoms. The van der Waals surface area contributed by atoms with E-state index in [1.54, 1.807) is 6.92 Å². The second-order valence-electron chi connectivity index (χ2n) is 4.50. The summed E-state index contributed by atoms with van der Waals surface area (Å²) in [6.07, 6.45) is -0.905. The number of nitrogens with one attached hydrogen (secondary N) is 1. The molecule has 1 aromatic heterocycles. The molecule has 1 aromatic carbocycles. The molecule has 2 rings (SSSR count). The first-order valence-corrected chi connectivity index (χ1v) is 7.14. The fraction of sp³-hybridized carbons (Fsp3) is 0.200. The number of furan rings is 1. The number of hydrogen-bond acceptors (Lipinski definition) is 6. The van der Waals surface area contributed by atoms with Crippen molar-refractivity contribution in [3.63, 3.8) is 0 Å². The Hall–Kier alpha value is -2.74. The van der Waals surface area contributed by atoms with E-state index in [1.807, 2.05) is 0 Å². The van der Waals surface area contributed by atoms with E-state index in [0.29, 0.717) is 0 Å². The standard InChI is InChI=1S/C15H13ClFNO6/c1-3-22-15(21)18-14-13(23-7(2)19)11(20)12(24-14)9-6-8(16)4-5-10(9)17/h4-6,20H,3H2,1-2H3,(H,18,21). The van der Waals surface area contributed by atoms with Gasteiger partial charge >= 0.3 is 12.1 Å². The summed E-state index contributed by atoms with van der Waals surface area (Å²) < 4.78 is 28.7. The van der Waals surface area contributed by atoms with Gasteiger partial charge in [0.25, 0.3) is 5.88 Å². The summed E-state index contributed by atoms with van der Waals surface area (Å²) in [5.41, 5.74) is -0.176. The van der Waals surface area contributed by atoms with Gasteiger partial charge in [0.2, 0.25) is 11.5 Å². The largest absolute Gasteiger partial charge is 0.502 e. The number of aromatic hydroxyl groups is 1. The van der Waals surface area contributed by atoms with Crippen LogP contribution in [0.1, 0.15) is 13.8 Å². The quantitative estimate of drug-likeness (QED) is 0.804. The Morgan fingerprint density at radius 3 is 2.75 bits per heavy atom. The van der Waals surface area contributed by atoms with Crippen LogP contribution < -0.4 is 10.1 Å². The van der Waals surface area contributed by atoms with Gasteiger partial charge in [-0.05, 0) is 25.1 Å². The van der Waals surface area contributed by atoms with Crippen molar-refractivity contribution in [2.24, 2.45) is 0 Å². The maximum absolute atomic E-state index is 14.0.